The summed E-state index contributed by atoms with van der Waals surface area (Å²) >= 11 is 0. The molecule has 0 bridgehead atoms. The van der Waals surface area contributed by atoms with E-state index in [0.717, 1.165) is 28.7 Å². The van der Waals surface area contributed by atoms with E-state index in [2.05, 4.69) is 26.8 Å². The lowest BCUT2D eigenvalue weighted by Gasteiger charge is -2.42. The van der Waals surface area contributed by atoms with Crippen molar-refractivity contribution in [3.8, 4) is 11.3 Å². The number of anilines is 1. The first-order valence-corrected chi connectivity index (χ1v) is 12.0. The number of rotatable bonds is 5. The third-order valence-corrected chi connectivity index (χ3v) is 8.28. The predicted molar refractivity (Wildman–Crippen MR) is 123 cm³/mol. The van der Waals surface area contributed by atoms with Crippen molar-refractivity contribution in [1.29, 1.82) is 0 Å². The van der Waals surface area contributed by atoms with E-state index in [-0.39, 0.29) is 10.9 Å². The summed E-state index contributed by atoms with van der Waals surface area (Å²) in [6.07, 6.45) is 7.42. The van der Waals surface area contributed by atoms with Crippen LogP contribution in [-0.2, 0) is 10.0 Å². The molecule has 4 heterocycles. The number of fused-ring (bicyclic) bond motifs is 1. The van der Waals surface area contributed by atoms with Gasteiger partial charge in [-0.3, -0.25) is 0 Å². The normalized spacial score (nSPS) is 19.9. The summed E-state index contributed by atoms with van der Waals surface area (Å²) in [6.45, 7) is 3.12. The number of pyridine rings is 1. The first-order valence-electron chi connectivity index (χ1n) is 10.6. The van der Waals surface area contributed by atoms with Gasteiger partial charge in [0.05, 0.1) is 11.1 Å². The topological polar surface area (TPSA) is 95.3 Å². The maximum atomic E-state index is 13.4. The Morgan fingerprint density at radius 3 is 2.75 bits per heavy atom. The summed E-state index contributed by atoms with van der Waals surface area (Å²) < 4.78 is 33.7. The fourth-order valence-corrected chi connectivity index (χ4v) is 5.95. The van der Waals surface area contributed by atoms with Crippen LogP contribution < -0.4 is 4.90 Å². The Labute approximate surface area is 186 Å². The Balaban J connectivity index is 1.40. The maximum Gasteiger partial charge on any atom is 0.243 e. The first-order chi connectivity index (χ1) is 15.4. The number of piperidine rings is 1. The average molecular weight is 452 g/mol. The molecule has 1 aromatic carbocycles. The molecule has 8 nitrogen and oxygen atoms in total. The molecule has 3 aromatic heterocycles. The molecule has 0 saturated carbocycles. The smallest absolute Gasteiger partial charge is 0.243 e. The fourth-order valence-electron chi connectivity index (χ4n) is 4.47. The molecule has 4 aromatic rings. The number of H-pyrrole nitrogens is 1. The molecule has 166 valence electrons. The van der Waals surface area contributed by atoms with Crippen LogP contribution >= 0.6 is 0 Å². The Morgan fingerprint density at radius 2 is 2.00 bits per heavy atom. The second kappa shape index (κ2) is 8.07. The molecule has 0 amide bonds. The number of hydrogen-bond acceptors (Lipinski definition) is 6. The van der Waals surface area contributed by atoms with Gasteiger partial charge in [-0.1, -0.05) is 6.92 Å². The molecule has 1 saturated heterocycles. The van der Waals surface area contributed by atoms with E-state index >= 15 is 0 Å². The third-order valence-electron chi connectivity index (χ3n) is 6.40. The molecule has 1 fully saturated rings. The molecular weight excluding hydrogens is 426 g/mol. The van der Waals surface area contributed by atoms with E-state index in [0.29, 0.717) is 24.8 Å². The highest BCUT2D eigenvalue weighted by molar-refractivity contribution is 7.89. The quantitative estimate of drug-likeness (QED) is 0.497. The van der Waals surface area contributed by atoms with Crippen LogP contribution in [0.2, 0.25) is 0 Å². The van der Waals surface area contributed by atoms with Gasteiger partial charge in [0.1, 0.15) is 5.65 Å². The SMILES string of the molecule is C[C@@H]1CCN(S(=O)(=O)c2ccc(-c3cnco3)cc2)CC1N(C)c1ccnc2[nH]ccc12. The number of hydrogen-bond donors (Lipinski definition) is 1. The first kappa shape index (κ1) is 20.7. The molecule has 0 aliphatic carbocycles. The van der Waals surface area contributed by atoms with Crippen LogP contribution in [0.25, 0.3) is 22.4 Å². The van der Waals surface area contributed by atoms with Gasteiger partial charge in [0, 0.05) is 55.2 Å². The van der Waals surface area contributed by atoms with Crippen molar-refractivity contribution in [3.05, 3.63) is 61.4 Å². The molecule has 1 aliphatic rings. The molecule has 0 radical (unpaired) electrons. The summed E-state index contributed by atoms with van der Waals surface area (Å²) in [5.74, 6) is 0.957. The predicted octanol–water partition coefficient (Wildman–Crippen LogP) is 3.75. The zero-order valence-corrected chi connectivity index (χ0v) is 18.8. The van der Waals surface area contributed by atoms with Gasteiger partial charge in [0.2, 0.25) is 10.0 Å². The van der Waals surface area contributed by atoms with Gasteiger partial charge in [-0.05, 0) is 48.7 Å². The van der Waals surface area contributed by atoms with Gasteiger partial charge in [-0.25, -0.2) is 18.4 Å². The van der Waals surface area contributed by atoms with Gasteiger partial charge < -0.3 is 14.3 Å². The van der Waals surface area contributed by atoms with E-state index in [1.807, 2.05) is 25.4 Å². The Kier molecular flexibility index (Phi) is 5.22. The molecule has 1 unspecified atom stereocenters. The van der Waals surface area contributed by atoms with Crippen molar-refractivity contribution in [2.75, 3.05) is 25.0 Å². The number of nitrogens with zero attached hydrogens (tertiary/aromatic N) is 4. The van der Waals surface area contributed by atoms with Gasteiger partial charge in [0.25, 0.3) is 0 Å². The Morgan fingerprint density at radius 1 is 1.19 bits per heavy atom. The summed E-state index contributed by atoms with van der Waals surface area (Å²) in [5, 5.41) is 1.03. The lowest BCUT2D eigenvalue weighted by molar-refractivity contribution is 0.248. The lowest BCUT2D eigenvalue weighted by atomic mass is 9.93. The van der Waals surface area contributed by atoms with Crippen molar-refractivity contribution in [2.45, 2.75) is 24.3 Å². The minimum Gasteiger partial charge on any atom is -0.444 e. The Bertz CT molecular complexity index is 1320. The van der Waals surface area contributed by atoms with E-state index in [4.69, 9.17) is 4.42 Å². The highest BCUT2D eigenvalue weighted by Gasteiger charge is 2.36. The number of nitrogens with one attached hydrogen (secondary N) is 1. The van der Waals surface area contributed by atoms with Crippen LogP contribution in [-0.4, -0.2) is 53.9 Å². The summed E-state index contributed by atoms with van der Waals surface area (Å²) in [5.41, 5.74) is 2.66. The van der Waals surface area contributed by atoms with E-state index < -0.39 is 10.0 Å². The van der Waals surface area contributed by atoms with E-state index in [1.165, 1.54) is 6.39 Å². The zero-order chi connectivity index (χ0) is 22.3. The number of benzene rings is 1. The molecule has 1 aliphatic heterocycles. The van der Waals surface area contributed by atoms with Crippen LogP contribution in [0.3, 0.4) is 0 Å². The Hall–Kier alpha value is -3.17. The number of aromatic amines is 1. The second-order valence-electron chi connectivity index (χ2n) is 8.27. The van der Waals surface area contributed by atoms with Crippen molar-refractivity contribution in [2.24, 2.45) is 5.92 Å². The minimum absolute atomic E-state index is 0.0486. The average Bonchev–Trinajstić information content (AvgIpc) is 3.51. The number of likely N-dealkylation sites (N-methyl/N-ethyl adjacent to an activating group) is 1. The standard InChI is InChI=1S/C23H25N5O3S/c1-16-9-12-28(14-21(16)27(2)20-8-11-26-23-19(20)7-10-25-23)32(29,30)18-5-3-17(4-6-18)22-13-24-15-31-22/h3-8,10-11,13,15-16,21H,9,12,14H2,1-2H3,(H,25,26)/t16-,21?/m1/s1. The molecule has 32 heavy (non-hydrogen) atoms. The maximum absolute atomic E-state index is 13.4. The molecule has 2 atom stereocenters. The fraction of sp³-hybridized carbons (Fsp3) is 0.304. The largest absolute Gasteiger partial charge is 0.444 e. The minimum atomic E-state index is -3.61. The molecular formula is C23H25N5O3S. The van der Waals surface area contributed by atoms with E-state index in [1.54, 1.807) is 41.0 Å². The van der Waals surface area contributed by atoms with Crippen LogP contribution in [0, 0.1) is 5.92 Å². The highest BCUT2D eigenvalue weighted by Crippen LogP contribution is 2.32. The molecule has 0 spiro atoms. The van der Waals surface area contributed by atoms with Crippen LogP contribution in [0.1, 0.15) is 13.3 Å². The summed E-state index contributed by atoms with van der Waals surface area (Å²) in [6, 6.07) is 10.8. The monoisotopic (exact) mass is 451 g/mol. The number of oxazole rings is 1. The van der Waals surface area contributed by atoms with Gasteiger partial charge >= 0.3 is 0 Å². The van der Waals surface area contributed by atoms with Gasteiger partial charge in [0.15, 0.2) is 12.2 Å². The van der Waals surface area contributed by atoms with Crippen LogP contribution in [0.4, 0.5) is 5.69 Å². The van der Waals surface area contributed by atoms with Crippen molar-refractivity contribution in [1.82, 2.24) is 19.3 Å². The third kappa shape index (κ3) is 3.57. The van der Waals surface area contributed by atoms with Crippen molar-refractivity contribution in [3.63, 3.8) is 0 Å². The molecule has 9 heteroatoms. The number of aromatic nitrogens is 3. The molecule has 1 N–H and O–H groups in total. The summed E-state index contributed by atoms with van der Waals surface area (Å²) in [7, 11) is -1.58. The zero-order valence-electron chi connectivity index (χ0n) is 18.0. The van der Waals surface area contributed by atoms with Gasteiger partial charge in [-0.2, -0.15) is 4.31 Å². The number of sulfonamides is 1. The second-order valence-corrected chi connectivity index (χ2v) is 10.2. The van der Waals surface area contributed by atoms with Gasteiger partial charge in [-0.15, -0.1) is 0 Å². The van der Waals surface area contributed by atoms with E-state index in [9.17, 15) is 8.42 Å². The summed E-state index contributed by atoms with van der Waals surface area (Å²) in [4.78, 5) is 13.9. The van der Waals surface area contributed by atoms with Crippen LogP contribution in [0.5, 0.6) is 0 Å². The van der Waals surface area contributed by atoms with Crippen molar-refractivity contribution < 1.29 is 12.8 Å². The lowest BCUT2D eigenvalue weighted by Crippen LogP contribution is -2.52. The van der Waals surface area contributed by atoms with Crippen molar-refractivity contribution >= 4 is 26.7 Å². The molecule has 5 rings (SSSR count). The highest BCUT2D eigenvalue weighted by atomic mass is 32.2. The van der Waals surface area contributed by atoms with Crippen LogP contribution in [0.15, 0.2) is 70.7 Å².